The van der Waals surface area contributed by atoms with Crippen LogP contribution in [0.4, 0.5) is 0 Å². The highest BCUT2D eigenvalue weighted by Gasteiger charge is 2.31. The van der Waals surface area contributed by atoms with Crippen molar-refractivity contribution in [2.45, 2.75) is 58.0 Å². The van der Waals surface area contributed by atoms with Crippen molar-refractivity contribution in [3.8, 4) is 0 Å². The lowest BCUT2D eigenvalue weighted by atomic mass is 9.96. The molecule has 0 aliphatic rings. The van der Waals surface area contributed by atoms with Crippen LogP contribution < -0.4 is 0 Å². The molecule has 3 aromatic rings. The van der Waals surface area contributed by atoms with Crippen LogP contribution in [0, 0.1) is 0 Å². The SMILES string of the molecule is CC(C)(C)OC(=O)C[C@H](O)[C@H](c1ccccc1)N(Cc1ccccc1)Cc1ccccc1. The molecule has 0 aromatic heterocycles. The summed E-state index contributed by atoms with van der Waals surface area (Å²) in [6.45, 7) is 6.79. The molecule has 168 valence electrons. The first kappa shape index (κ1) is 23.7. The number of benzene rings is 3. The molecule has 0 bridgehead atoms. The van der Waals surface area contributed by atoms with Crippen molar-refractivity contribution in [2.75, 3.05) is 0 Å². The quantitative estimate of drug-likeness (QED) is 0.453. The minimum atomic E-state index is -0.917. The number of carbonyl (C=O) groups is 1. The molecule has 0 aliphatic heterocycles. The summed E-state index contributed by atoms with van der Waals surface area (Å²) in [5, 5.41) is 11.3. The molecule has 0 spiro atoms. The maximum absolute atomic E-state index is 12.5. The third-order valence-electron chi connectivity index (χ3n) is 5.15. The highest BCUT2D eigenvalue weighted by Crippen LogP contribution is 2.30. The van der Waals surface area contributed by atoms with Crippen molar-refractivity contribution >= 4 is 5.97 Å². The van der Waals surface area contributed by atoms with E-state index in [1.54, 1.807) is 0 Å². The van der Waals surface area contributed by atoms with Crippen LogP contribution in [0.15, 0.2) is 91.0 Å². The highest BCUT2D eigenvalue weighted by atomic mass is 16.6. The Morgan fingerprint density at radius 2 is 1.25 bits per heavy atom. The fraction of sp³-hybridized carbons (Fsp3) is 0.321. The molecule has 0 saturated carbocycles. The average molecular weight is 432 g/mol. The van der Waals surface area contributed by atoms with Gasteiger partial charge in [-0.05, 0) is 37.5 Å². The summed E-state index contributed by atoms with van der Waals surface area (Å²) in [6, 6.07) is 29.9. The molecule has 3 rings (SSSR count). The summed E-state index contributed by atoms with van der Waals surface area (Å²) in [6.07, 6.45) is -0.989. The van der Waals surface area contributed by atoms with Gasteiger partial charge in [-0.3, -0.25) is 9.69 Å². The van der Waals surface area contributed by atoms with Crippen LogP contribution in [0.2, 0.25) is 0 Å². The second kappa shape index (κ2) is 11.1. The zero-order valence-corrected chi connectivity index (χ0v) is 19.1. The smallest absolute Gasteiger partial charge is 0.309 e. The molecule has 4 heteroatoms. The predicted molar refractivity (Wildman–Crippen MR) is 128 cm³/mol. The van der Waals surface area contributed by atoms with Crippen LogP contribution in [-0.2, 0) is 22.6 Å². The Bertz CT molecular complexity index is 911. The lowest BCUT2D eigenvalue weighted by Crippen LogP contribution is -2.38. The van der Waals surface area contributed by atoms with E-state index < -0.39 is 17.7 Å². The lowest BCUT2D eigenvalue weighted by molar-refractivity contribution is -0.158. The van der Waals surface area contributed by atoms with Gasteiger partial charge in [-0.15, -0.1) is 0 Å². The Kier molecular flexibility index (Phi) is 8.20. The maximum atomic E-state index is 12.5. The Morgan fingerprint density at radius 3 is 1.69 bits per heavy atom. The van der Waals surface area contributed by atoms with E-state index in [9.17, 15) is 9.90 Å². The van der Waals surface area contributed by atoms with E-state index in [4.69, 9.17) is 4.74 Å². The molecule has 1 N–H and O–H groups in total. The molecule has 0 fully saturated rings. The molecular formula is C28H33NO3. The molecule has 0 saturated heterocycles. The number of rotatable bonds is 9. The molecule has 0 heterocycles. The minimum Gasteiger partial charge on any atom is -0.460 e. The first-order valence-corrected chi connectivity index (χ1v) is 11.1. The Labute approximate surface area is 191 Å². The molecule has 0 amide bonds. The van der Waals surface area contributed by atoms with Gasteiger partial charge in [0.2, 0.25) is 0 Å². The van der Waals surface area contributed by atoms with Gasteiger partial charge in [0.1, 0.15) is 5.60 Å². The van der Waals surface area contributed by atoms with Gasteiger partial charge in [0.05, 0.1) is 18.6 Å². The number of nitrogens with zero attached hydrogens (tertiary/aromatic N) is 1. The molecule has 0 aliphatic carbocycles. The monoisotopic (exact) mass is 431 g/mol. The zero-order valence-electron chi connectivity index (χ0n) is 19.1. The zero-order chi connectivity index (χ0) is 23.0. The third-order valence-corrected chi connectivity index (χ3v) is 5.15. The number of esters is 1. The first-order valence-electron chi connectivity index (χ1n) is 11.1. The Hall–Kier alpha value is -2.95. The molecular weight excluding hydrogens is 398 g/mol. The van der Waals surface area contributed by atoms with Crippen molar-refractivity contribution in [1.29, 1.82) is 0 Å². The van der Waals surface area contributed by atoms with Gasteiger partial charge in [0.25, 0.3) is 0 Å². The minimum absolute atomic E-state index is 0.0725. The summed E-state index contributed by atoms with van der Waals surface area (Å²) in [5.41, 5.74) is 2.67. The van der Waals surface area contributed by atoms with Crippen LogP contribution in [-0.4, -0.2) is 27.7 Å². The van der Waals surface area contributed by atoms with Crippen molar-refractivity contribution < 1.29 is 14.6 Å². The normalized spacial score (nSPS) is 13.5. The Balaban J connectivity index is 1.93. The Morgan fingerprint density at radius 1 is 0.812 bits per heavy atom. The number of carbonyl (C=O) groups excluding carboxylic acids is 1. The molecule has 32 heavy (non-hydrogen) atoms. The van der Waals surface area contributed by atoms with Crippen molar-refractivity contribution in [3.63, 3.8) is 0 Å². The molecule has 0 radical (unpaired) electrons. The third kappa shape index (κ3) is 7.33. The molecule has 2 atom stereocenters. The number of hydrogen-bond donors (Lipinski definition) is 1. The van der Waals surface area contributed by atoms with Gasteiger partial charge in [0.15, 0.2) is 0 Å². The van der Waals surface area contributed by atoms with E-state index in [1.165, 1.54) is 0 Å². The van der Waals surface area contributed by atoms with E-state index in [0.717, 1.165) is 16.7 Å². The fourth-order valence-electron chi connectivity index (χ4n) is 3.88. The summed E-state index contributed by atoms with van der Waals surface area (Å²) in [4.78, 5) is 14.8. The molecule has 0 unspecified atom stereocenters. The standard InChI is InChI=1S/C28H33NO3/c1-28(2,3)32-26(31)19-25(30)27(24-17-11-6-12-18-24)29(20-22-13-7-4-8-14-22)21-23-15-9-5-10-16-23/h4-18,25,27,30H,19-21H2,1-3H3/t25-,27-/m0/s1. The summed E-state index contributed by atoms with van der Waals surface area (Å²) >= 11 is 0. The van der Waals surface area contributed by atoms with E-state index in [1.807, 2.05) is 87.5 Å². The average Bonchev–Trinajstić information content (AvgIpc) is 2.74. The van der Waals surface area contributed by atoms with Crippen LogP contribution >= 0.6 is 0 Å². The lowest BCUT2D eigenvalue weighted by Gasteiger charge is -2.35. The molecule has 4 nitrogen and oxygen atoms in total. The summed E-state index contributed by atoms with van der Waals surface area (Å²) in [5.74, 6) is -0.398. The maximum Gasteiger partial charge on any atom is 0.309 e. The van der Waals surface area contributed by atoms with Gasteiger partial charge in [-0.1, -0.05) is 91.0 Å². The van der Waals surface area contributed by atoms with E-state index in [0.29, 0.717) is 13.1 Å². The van der Waals surface area contributed by atoms with Gasteiger partial charge in [-0.25, -0.2) is 0 Å². The number of aliphatic hydroxyl groups is 1. The first-order chi connectivity index (χ1) is 15.3. The second-order valence-electron chi connectivity index (χ2n) is 9.09. The van der Waals surface area contributed by atoms with Crippen LogP contribution in [0.1, 0.15) is 49.9 Å². The van der Waals surface area contributed by atoms with Gasteiger partial charge >= 0.3 is 5.97 Å². The van der Waals surface area contributed by atoms with Crippen molar-refractivity contribution in [2.24, 2.45) is 0 Å². The van der Waals surface area contributed by atoms with Crippen LogP contribution in [0.3, 0.4) is 0 Å². The number of aliphatic hydroxyl groups excluding tert-OH is 1. The number of hydrogen-bond acceptors (Lipinski definition) is 4. The van der Waals surface area contributed by atoms with Crippen molar-refractivity contribution in [1.82, 2.24) is 4.90 Å². The summed E-state index contributed by atoms with van der Waals surface area (Å²) < 4.78 is 5.49. The summed E-state index contributed by atoms with van der Waals surface area (Å²) in [7, 11) is 0. The topological polar surface area (TPSA) is 49.8 Å². The second-order valence-corrected chi connectivity index (χ2v) is 9.09. The van der Waals surface area contributed by atoms with Gasteiger partial charge < -0.3 is 9.84 Å². The van der Waals surface area contributed by atoms with Gasteiger partial charge in [0, 0.05) is 13.1 Å². The highest BCUT2D eigenvalue weighted by molar-refractivity contribution is 5.70. The fourth-order valence-corrected chi connectivity index (χ4v) is 3.88. The van der Waals surface area contributed by atoms with Crippen LogP contribution in [0.25, 0.3) is 0 Å². The van der Waals surface area contributed by atoms with Crippen LogP contribution in [0.5, 0.6) is 0 Å². The van der Waals surface area contributed by atoms with Crippen molar-refractivity contribution in [3.05, 3.63) is 108 Å². The largest absolute Gasteiger partial charge is 0.460 e. The van der Waals surface area contributed by atoms with Gasteiger partial charge in [-0.2, -0.15) is 0 Å². The van der Waals surface area contributed by atoms with E-state index in [-0.39, 0.29) is 12.5 Å². The number of ether oxygens (including phenoxy) is 1. The molecule has 3 aromatic carbocycles. The van der Waals surface area contributed by atoms with E-state index in [2.05, 4.69) is 29.2 Å². The predicted octanol–water partition coefficient (Wildman–Crippen LogP) is 5.52. The van der Waals surface area contributed by atoms with E-state index >= 15 is 0 Å².